The van der Waals surface area contributed by atoms with Gasteiger partial charge in [0.05, 0.1) is 11.6 Å². The molecule has 1 saturated heterocycles. The molecule has 0 N–H and O–H groups in total. The molecule has 1 fully saturated rings. The fraction of sp³-hybridized carbons (Fsp3) is 0.222. The summed E-state index contributed by atoms with van der Waals surface area (Å²) < 4.78 is 40.5. The van der Waals surface area contributed by atoms with Crippen LogP contribution < -0.4 is 0 Å². The number of halogens is 2. The van der Waals surface area contributed by atoms with E-state index in [2.05, 4.69) is 16.4 Å². The van der Waals surface area contributed by atoms with Gasteiger partial charge in [-0.15, -0.1) is 0 Å². The number of pyridine rings is 1. The van der Waals surface area contributed by atoms with Crippen molar-refractivity contribution in [3.8, 4) is 0 Å². The Balaban J connectivity index is 1.77. The average Bonchev–Trinajstić information content (AvgIpc) is 2.97. The van der Waals surface area contributed by atoms with E-state index in [1.54, 1.807) is 6.07 Å². The number of hydrogen-bond acceptors (Lipinski definition) is 3. The molecule has 5 nitrogen and oxygen atoms in total. The van der Waals surface area contributed by atoms with Crippen molar-refractivity contribution in [3.63, 3.8) is 0 Å². The molecule has 1 aliphatic rings. The number of sulfonamides is 1. The minimum atomic E-state index is -3.74. The third-order valence-electron chi connectivity index (χ3n) is 4.30. The first-order valence-corrected chi connectivity index (χ1v) is 9.58. The van der Waals surface area contributed by atoms with E-state index in [-0.39, 0.29) is 29.7 Å². The quantitative estimate of drug-likeness (QED) is 0.587. The zero-order chi connectivity index (χ0) is 18.9. The zero-order valence-corrected chi connectivity index (χ0v) is 15.3. The van der Waals surface area contributed by atoms with Gasteiger partial charge in [-0.2, -0.15) is 4.31 Å². The van der Waals surface area contributed by atoms with Crippen molar-refractivity contribution < 1.29 is 12.8 Å². The molecule has 1 aliphatic heterocycles. The van der Waals surface area contributed by atoms with E-state index in [1.807, 2.05) is 0 Å². The lowest BCUT2D eigenvalue weighted by Gasteiger charge is -2.15. The molecule has 1 aromatic carbocycles. The van der Waals surface area contributed by atoms with Crippen LogP contribution in [-0.4, -0.2) is 30.8 Å². The summed E-state index contributed by atoms with van der Waals surface area (Å²) in [4.78, 5) is 6.99. The van der Waals surface area contributed by atoms with Gasteiger partial charge in [-0.1, -0.05) is 35.9 Å². The maximum atomic E-state index is 13.8. The smallest absolute Gasteiger partial charge is 0.242 e. The minimum absolute atomic E-state index is 0.0305. The molecule has 2 heterocycles. The molecule has 0 amide bonds. The maximum Gasteiger partial charge on any atom is 0.260 e. The first-order valence-electron chi connectivity index (χ1n) is 7.76. The van der Waals surface area contributed by atoms with Crippen LogP contribution in [0.1, 0.15) is 5.56 Å². The van der Waals surface area contributed by atoms with Crippen LogP contribution in [0.2, 0.25) is 5.02 Å². The van der Waals surface area contributed by atoms with E-state index < -0.39 is 15.8 Å². The van der Waals surface area contributed by atoms with Crippen LogP contribution in [0.25, 0.3) is 4.85 Å². The van der Waals surface area contributed by atoms with Crippen molar-refractivity contribution in [1.29, 1.82) is 0 Å². The lowest BCUT2D eigenvalue weighted by atomic mass is 9.95. The molecule has 0 aliphatic carbocycles. The fourth-order valence-electron chi connectivity index (χ4n) is 2.89. The molecule has 26 heavy (non-hydrogen) atoms. The van der Waals surface area contributed by atoms with Crippen LogP contribution in [0.5, 0.6) is 0 Å². The Bertz CT molecular complexity index is 1000. The Kier molecular flexibility index (Phi) is 5.10. The minimum Gasteiger partial charge on any atom is -0.242 e. The molecule has 0 radical (unpaired) electrons. The van der Waals surface area contributed by atoms with Crippen LogP contribution in [0.3, 0.4) is 0 Å². The Hall–Kier alpha value is -2.27. The number of rotatable bonds is 4. The predicted octanol–water partition coefficient (Wildman–Crippen LogP) is 3.84. The SMILES string of the molecule is [C-]#[N+]c1ccc(CC2CN(S(=O)(=O)c3ccc(Cl)cn3)CC2=C)cc1F. The summed E-state index contributed by atoms with van der Waals surface area (Å²) in [7, 11) is -3.74. The maximum absolute atomic E-state index is 13.8. The Labute approximate surface area is 156 Å². The first kappa shape index (κ1) is 18.5. The van der Waals surface area contributed by atoms with Crippen LogP contribution >= 0.6 is 11.6 Å². The summed E-state index contributed by atoms with van der Waals surface area (Å²) in [5.41, 5.74) is 1.43. The molecular weight excluding hydrogens is 377 g/mol. The highest BCUT2D eigenvalue weighted by molar-refractivity contribution is 7.89. The monoisotopic (exact) mass is 391 g/mol. The normalized spacial score (nSPS) is 18.0. The molecule has 0 saturated carbocycles. The zero-order valence-electron chi connectivity index (χ0n) is 13.7. The molecule has 3 rings (SSSR count). The first-order chi connectivity index (χ1) is 12.3. The highest BCUT2D eigenvalue weighted by Gasteiger charge is 2.35. The van der Waals surface area contributed by atoms with Crippen molar-refractivity contribution in [2.24, 2.45) is 5.92 Å². The molecule has 2 aromatic rings. The molecule has 0 spiro atoms. The van der Waals surface area contributed by atoms with Gasteiger partial charge in [0.25, 0.3) is 10.0 Å². The van der Waals surface area contributed by atoms with Gasteiger partial charge in [0, 0.05) is 19.3 Å². The number of aromatic nitrogens is 1. The van der Waals surface area contributed by atoms with Gasteiger partial charge in [-0.25, -0.2) is 22.6 Å². The van der Waals surface area contributed by atoms with E-state index >= 15 is 0 Å². The highest BCUT2D eigenvalue weighted by atomic mass is 35.5. The van der Waals surface area contributed by atoms with Gasteiger partial charge in [0.1, 0.15) is 5.82 Å². The third kappa shape index (κ3) is 3.63. The number of benzene rings is 1. The lowest BCUT2D eigenvalue weighted by Crippen LogP contribution is -2.29. The van der Waals surface area contributed by atoms with Crippen molar-refractivity contribution in [1.82, 2.24) is 9.29 Å². The summed E-state index contributed by atoms with van der Waals surface area (Å²) in [6.07, 6.45) is 1.74. The van der Waals surface area contributed by atoms with Crippen LogP contribution in [-0.2, 0) is 16.4 Å². The van der Waals surface area contributed by atoms with Crippen LogP contribution in [0.15, 0.2) is 53.7 Å². The molecule has 1 unspecified atom stereocenters. The van der Waals surface area contributed by atoms with Crippen LogP contribution in [0.4, 0.5) is 10.1 Å². The number of hydrogen-bond donors (Lipinski definition) is 0. The molecule has 1 atom stereocenters. The Morgan fingerprint density at radius 1 is 1.38 bits per heavy atom. The number of nitrogens with zero attached hydrogens (tertiary/aromatic N) is 3. The van der Waals surface area contributed by atoms with Crippen LogP contribution in [0, 0.1) is 18.3 Å². The predicted molar refractivity (Wildman–Crippen MR) is 97.0 cm³/mol. The highest BCUT2D eigenvalue weighted by Crippen LogP contribution is 2.30. The van der Waals surface area contributed by atoms with Crippen molar-refractivity contribution in [2.75, 3.05) is 13.1 Å². The van der Waals surface area contributed by atoms with E-state index in [4.69, 9.17) is 18.2 Å². The third-order valence-corrected chi connectivity index (χ3v) is 6.25. The average molecular weight is 392 g/mol. The summed E-state index contributed by atoms with van der Waals surface area (Å²) in [5, 5.41) is 0.292. The second kappa shape index (κ2) is 7.16. The topological polar surface area (TPSA) is 54.6 Å². The van der Waals surface area contributed by atoms with Crippen molar-refractivity contribution in [3.05, 3.63) is 76.5 Å². The molecule has 0 bridgehead atoms. The molecule has 8 heteroatoms. The van der Waals surface area contributed by atoms with Gasteiger partial charge in [0.2, 0.25) is 5.69 Å². The van der Waals surface area contributed by atoms with E-state index in [0.717, 1.165) is 5.57 Å². The van der Waals surface area contributed by atoms with Crippen molar-refractivity contribution in [2.45, 2.75) is 11.4 Å². The van der Waals surface area contributed by atoms with Gasteiger partial charge >= 0.3 is 0 Å². The molecular formula is C18H15ClFN3O2S. The van der Waals surface area contributed by atoms with Crippen molar-refractivity contribution >= 4 is 27.3 Å². The van der Waals surface area contributed by atoms with Gasteiger partial charge < -0.3 is 0 Å². The Morgan fingerprint density at radius 2 is 2.15 bits per heavy atom. The fourth-order valence-corrected chi connectivity index (χ4v) is 4.40. The largest absolute Gasteiger partial charge is 0.260 e. The molecule has 134 valence electrons. The van der Waals surface area contributed by atoms with Gasteiger partial charge in [0.15, 0.2) is 5.03 Å². The standard InChI is InChI=1S/C18H15ClFN3O2S/c1-12-10-23(26(24,25)18-6-4-15(19)9-22-18)11-14(12)7-13-3-5-17(21-2)16(20)8-13/h3-6,8-9,14H,1,7,10-11H2. The van der Waals surface area contributed by atoms with Gasteiger partial charge in [-0.3, -0.25) is 0 Å². The summed E-state index contributed by atoms with van der Waals surface area (Å²) in [5.74, 6) is -0.703. The summed E-state index contributed by atoms with van der Waals surface area (Å²) in [6, 6.07) is 7.28. The lowest BCUT2D eigenvalue weighted by molar-refractivity contribution is 0.453. The summed E-state index contributed by atoms with van der Waals surface area (Å²) >= 11 is 5.76. The second-order valence-corrected chi connectivity index (χ2v) is 8.39. The second-order valence-electron chi connectivity index (χ2n) is 6.07. The van der Waals surface area contributed by atoms with E-state index in [1.165, 1.54) is 34.8 Å². The summed E-state index contributed by atoms with van der Waals surface area (Å²) in [6.45, 7) is 11.3. The van der Waals surface area contributed by atoms with E-state index in [9.17, 15) is 12.8 Å². The molecule has 1 aromatic heterocycles. The Morgan fingerprint density at radius 3 is 2.77 bits per heavy atom. The van der Waals surface area contributed by atoms with Gasteiger partial charge in [-0.05, 0) is 36.1 Å². The van der Waals surface area contributed by atoms with E-state index in [0.29, 0.717) is 17.0 Å².